The van der Waals surface area contributed by atoms with Crippen LogP contribution in [0.15, 0.2) is 24.3 Å². The van der Waals surface area contributed by atoms with Crippen LogP contribution in [-0.2, 0) is 6.54 Å². The maximum absolute atomic E-state index is 3.77. The van der Waals surface area contributed by atoms with Crippen LogP contribution in [0.2, 0.25) is 0 Å². The monoisotopic (exact) mass is 288 g/mol. The van der Waals surface area contributed by atoms with Crippen molar-refractivity contribution in [3.63, 3.8) is 0 Å². The van der Waals surface area contributed by atoms with Gasteiger partial charge in [-0.3, -0.25) is 4.90 Å². The van der Waals surface area contributed by atoms with E-state index in [1.54, 1.807) is 0 Å². The zero-order valence-corrected chi connectivity index (χ0v) is 14.4. The van der Waals surface area contributed by atoms with Gasteiger partial charge in [0.15, 0.2) is 0 Å². The van der Waals surface area contributed by atoms with E-state index in [2.05, 4.69) is 69.1 Å². The van der Waals surface area contributed by atoms with E-state index in [1.165, 1.54) is 30.5 Å². The van der Waals surface area contributed by atoms with Crippen molar-refractivity contribution in [1.29, 1.82) is 0 Å². The zero-order valence-electron chi connectivity index (χ0n) is 14.4. The van der Waals surface area contributed by atoms with Gasteiger partial charge in [0.05, 0.1) is 0 Å². The lowest BCUT2D eigenvalue weighted by atomic mass is 9.83. The van der Waals surface area contributed by atoms with Gasteiger partial charge in [0.2, 0.25) is 0 Å². The molecule has 1 N–H and O–H groups in total. The summed E-state index contributed by atoms with van der Waals surface area (Å²) in [7, 11) is 0. The van der Waals surface area contributed by atoms with E-state index in [-0.39, 0.29) is 0 Å². The third-order valence-electron chi connectivity index (χ3n) is 4.77. The largest absolute Gasteiger partial charge is 0.311 e. The van der Waals surface area contributed by atoms with E-state index in [0.29, 0.717) is 17.5 Å². The molecule has 0 bridgehead atoms. The quantitative estimate of drug-likeness (QED) is 0.901. The van der Waals surface area contributed by atoms with Crippen molar-refractivity contribution in [2.45, 2.75) is 66.1 Å². The molecule has 0 spiro atoms. The molecule has 2 rings (SSSR count). The zero-order chi connectivity index (χ0) is 15.5. The molecule has 0 saturated carbocycles. The molecule has 2 unspecified atom stereocenters. The number of nitrogens with one attached hydrogen (secondary N) is 1. The maximum atomic E-state index is 3.77. The fourth-order valence-corrected chi connectivity index (χ4v) is 3.46. The Morgan fingerprint density at radius 3 is 2.57 bits per heavy atom. The number of piperazine rings is 1. The summed E-state index contributed by atoms with van der Waals surface area (Å²) in [5.74, 6) is 0. The van der Waals surface area contributed by atoms with Gasteiger partial charge in [-0.15, -0.1) is 0 Å². The highest BCUT2D eigenvalue weighted by molar-refractivity contribution is 5.25. The molecular formula is C19H32N2. The lowest BCUT2D eigenvalue weighted by Crippen LogP contribution is -2.60. The molecule has 1 saturated heterocycles. The normalized spacial score (nSPS) is 24.2. The first kappa shape index (κ1) is 16.5. The second-order valence-corrected chi connectivity index (χ2v) is 7.63. The molecule has 1 aliphatic heterocycles. The van der Waals surface area contributed by atoms with Gasteiger partial charge in [0.1, 0.15) is 0 Å². The first-order valence-electron chi connectivity index (χ1n) is 8.43. The van der Waals surface area contributed by atoms with Crippen LogP contribution in [-0.4, -0.2) is 30.1 Å². The number of rotatable bonds is 4. The summed E-state index contributed by atoms with van der Waals surface area (Å²) in [6.45, 7) is 15.0. The second-order valence-electron chi connectivity index (χ2n) is 7.63. The van der Waals surface area contributed by atoms with Crippen LogP contribution in [0, 0.1) is 12.3 Å². The Morgan fingerprint density at radius 2 is 1.95 bits per heavy atom. The van der Waals surface area contributed by atoms with Crippen molar-refractivity contribution in [1.82, 2.24) is 10.2 Å². The number of aryl methyl sites for hydroxylation is 1. The molecule has 0 amide bonds. The molecular weight excluding hydrogens is 256 g/mol. The summed E-state index contributed by atoms with van der Waals surface area (Å²) in [5, 5.41) is 3.77. The highest BCUT2D eigenvalue weighted by Crippen LogP contribution is 2.28. The Balaban J connectivity index is 2.15. The average molecular weight is 288 g/mol. The number of benzene rings is 1. The Kier molecular flexibility index (Phi) is 5.45. The summed E-state index contributed by atoms with van der Waals surface area (Å²) in [6, 6.07) is 10.1. The van der Waals surface area contributed by atoms with Gasteiger partial charge in [-0.1, -0.05) is 58.4 Å². The van der Waals surface area contributed by atoms with Gasteiger partial charge >= 0.3 is 0 Å². The maximum Gasteiger partial charge on any atom is 0.0273 e. The molecule has 0 aliphatic carbocycles. The van der Waals surface area contributed by atoms with E-state index in [4.69, 9.17) is 0 Å². The van der Waals surface area contributed by atoms with Gasteiger partial charge in [0, 0.05) is 31.7 Å². The third-order valence-corrected chi connectivity index (χ3v) is 4.77. The summed E-state index contributed by atoms with van der Waals surface area (Å²) < 4.78 is 0. The molecule has 21 heavy (non-hydrogen) atoms. The lowest BCUT2D eigenvalue weighted by Gasteiger charge is -2.46. The summed E-state index contributed by atoms with van der Waals surface area (Å²) in [6.07, 6.45) is 2.54. The van der Waals surface area contributed by atoms with Crippen LogP contribution in [0.3, 0.4) is 0 Å². The molecule has 2 atom stereocenters. The predicted molar refractivity (Wildman–Crippen MR) is 91.5 cm³/mol. The van der Waals surface area contributed by atoms with Crippen LogP contribution < -0.4 is 5.32 Å². The van der Waals surface area contributed by atoms with E-state index < -0.39 is 0 Å². The summed E-state index contributed by atoms with van der Waals surface area (Å²) >= 11 is 0. The van der Waals surface area contributed by atoms with Crippen molar-refractivity contribution >= 4 is 0 Å². The van der Waals surface area contributed by atoms with Crippen LogP contribution in [0.1, 0.15) is 51.7 Å². The Morgan fingerprint density at radius 1 is 1.24 bits per heavy atom. The van der Waals surface area contributed by atoms with Crippen molar-refractivity contribution in [3.05, 3.63) is 35.4 Å². The molecule has 1 aromatic rings. The molecule has 118 valence electrons. The van der Waals surface area contributed by atoms with E-state index in [9.17, 15) is 0 Å². The topological polar surface area (TPSA) is 15.3 Å². The number of hydrogen-bond donors (Lipinski definition) is 1. The highest BCUT2D eigenvalue weighted by atomic mass is 15.2. The van der Waals surface area contributed by atoms with E-state index in [0.717, 1.165) is 13.1 Å². The minimum Gasteiger partial charge on any atom is -0.311 e. The SMILES string of the molecule is CCCC1CN(Cc2ccccc2C)C(C(C)(C)C)CN1. The van der Waals surface area contributed by atoms with Gasteiger partial charge in [-0.05, 0) is 29.9 Å². The van der Waals surface area contributed by atoms with Gasteiger partial charge in [0.25, 0.3) is 0 Å². The Bertz CT molecular complexity index is 447. The lowest BCUT2D eigenvalue weighted by molar-refractivity contribution is 0.0473. The van der Waals surface area contributed by atoms with Crippen molar-refractivity contribution in [2.75, 3.05) is 13.1 Å². The first-order valence-corrected chi connectivity index (χ1v) is 8.43. The fraction of sp³-hybridized carbons (Fsp3) is 0.684. The fourth-order valence-electron chi connectivity index (χ4n) is 3.46. The second kappa shape index (κ2) is 6.93. The minimum absolute atomic E-state index is 0.312. The Labute approximate surface area is 130 Å². The van der Waals surface area contributed by atoms with Crippen molar-refractivity contribution in [2.24, 2.45) is 5.41 Å². The van der Waals surface area contributed by atoms with Crippen molar-refractivity contribution < 1.29 is 0 Å². The van der Waals surface area contributed by atoms with Crippen LogP contribution >= 0.6 is 0 Å². The average Bonchev–Trinajstić information content (AvgIpc) is 2.41. The molecule has 0 aromatic heterocycles. The number of hydrogen-bond acceptors (Lipinski definition) is 2. The molecule has 2 heteroatoms. The molecule has 1 heterocycles. The molecule has 1 aromatic carbocycles. The van der Waals surface area contributed by atoms with E-state index in [1.807, 2.05) is 0 Å². The predicted octanol–water partition coefficient (Wildman–Crippen LogP) is 3.98. The molecule has 1 fully saturated rings. The molecule has 2 nitrogen and oxygen atoms in total. The minimum atomic E-state index is 0.312. The first-order chi connectivity index (χ1) is 9.91. The van der Waals surface area contributed by atoms with Crippen molar-refractivity contribution in [3.8, 4) is 0 Å². The van der Waals surface area contributed by atoms with Crippen LogP contribution in [0.5, 0.6) is 0 Å². The summed E-state index contributed by atoms with van der Waals surface area (Å²) in [4.78, 5) is 2.71. The summed E-state index contributed by atoms with van der Waals surface area (Å²) in [5.41, 5.74) is 3.20. The molecule has 1 aliphatic rings. The van der Waals surface area contributed by atoms with Gasteiger partial charge in [-0.25, -0.2) is 0 Å². The van der Waals surface area contributed by atoms with Gasteiger partial charge in [-0.2, -0.15) is 0 Å². The standard InChI is InChI=1S/C19H32N2/c1-6-9-17-14-21(18(12-20-17)19(3,4)5)13-16-11-8-7-10-15(16)2/h7-8,10-11,17-18,20H,6,9,12-14H2,1-5H3. The van der Waals surface area contributed by atoms with Gasteiger partial charge < -0.3 is 5.32 Å². The Hall–Kier alpha value is -0.860. The third kappa shape index (κ3) is 4.31. The number of nitrogens with zero attached hydrogens (tertiary/aromatic N) is 1. The smallest absolute Gasteiger partial charge is 0.0273 e. The van der Waals surface area contributed by atoms with Crippen LogP contribution in [0.4, 0.5) is 0 Å². The highest BCUT2D eigenvalue weighted by Gasteiger charge is 2.35. The van der Waals surface area contributed by atoms with Crippen LogP contribution in [0.25, 0.3) is 0 Å². The molecule has 0 radical (unpaired) electrons. The van der Waals surface area contributed by atoms with E-state index >= 15 is 0 Å².